The van der Waals surface area contributed by atoms with E-state index in [0.29, 0.717) is 31.0 Å². The van der Waals surface area contributed by atoms with Gasteiger partial charge in [-0.1, -0.05) is 36.4 Å². The van der Waals surface area contributed by atoms with Gasteiger partial charge >= 0.3 is 0 Å². The normalized spacial score (nSPS) is 30.2. The lowest BCUT2D eigenvalue weighted by molar-refractivity contribution is -0.144. The number of nitrogens with one attached hydrogen (secondary N) is 1. The number of carbonyl (C=O) groups is 2. The van der Waals surface area contributed by atoms with Crippen LogP contribution in [0.15, 0.2) is 42.5 Å². The Morgan fingerprint density at radius 2 is 1.76 bits per heavy atom. The maximum Gasteiger partial charge on any atom is 0.227 e. The summed E-state index contributed by atoms with van der Waals surface area (Å²) in [6, 6.07) is 12.9. The van der Waals surface area contributed by atoms with Crippen LogP contribution < -0.4 is 16.0 Å². The average Bonchev–Trinajstić information content (AvgIpc) is 3.17. The van der Waals surface area contributed by atoms with E-state index in [4.69, 9.17) is 18.0 Å². The number of likely N-dealkylation sites (tertiary alicyclic amines) is 1. The number of amides is 2. The van der Waals surface area contributed by atoms with Crippen molar-refractivity contribution in [3.63, 3.8) is 0 Å². The van der Waals surface area contributed by atoms with E-state index in [2.05, 4.69) is 5.32 Å². The highest BCUT2D eigenvalue weighted by molar-refractivity contribution is 7.80. The molecule has 2 heterocycles. The standard InChI is InChI=1S/C24H28N4O4S/c25-22(31)14-8-10-27(11-9-14)23(32)16-12-18(29)21(30)19-20(16)28(24(33)26-19)17-7-3-5-13-4-1-2-6-15(13)17/h1-7,14,16,18-21,29-30H,8-12H2,(H2,25,31)(H,26,33)/t16-,18-,19-,20-,21+/m1/s1. The third-order valence-corrected chi connectivity index (χ3v) is 7.71. The first-order valence-electron chi connectivity index (χ1n) is 11.4. The SMILES string of the molecule is NC(=O)C1CCN(C(=O)[C@@H]2C[C@@H](O)[C@H](O)[C@@H]3NC(=S)N(c4cccc5ccccc45)[C@@H]32)CC1. The monoisotopic (exact) mass is 468 g/mol. The van der Waals surface area contributed by atoms with Gasteiger partial charge in [0.25, 0.3) is 0 Å². The Kier molecular flexibility index (Phi) is 5.72. The molecule has 9 heteroatoms. The number of carbonyl (C=O) groups excluding carboxylic acids is 2. The second kappa shape index (κ2) is 8.55. The zero-order valence-electron chi connectivity index (χ0n) is 18.1. The first kappa shape index (κ1) is 22.1. The van der Waals surface area contributed by atoms with Crippen molar-refractivity contribution in [1.29, 1.82) is 0 Å². The second-order valence-electron chi connectivity index (χ2n) is 9.24. The third kappa shape index (κ3) is 3.74. The molecular formula is C24H28N4O4S. The Bertz CT molecular complexity index is 1100. The fourth-order valence-corrected chi connectivity index (χ4v) is 6.00. The van der Waals surface area contributed by atoms with Crippen LogP contribution in [0.1, 0.15) is 19.3 Å². The van der Waals surface area contributed by atoms with Crippen molar-refractivity contribution in [2.75, 3.05) is 18.0 Å². The molecule has 1 aliphatic carbocycles. The highest BCUT2D eigenvalue weighted by Crippen LogP contribution is 2.40. The Hall–Kier alpha value is -2.75. The van der Waals surface area contributed by atoms with Gasteiger partial charge in [-0.15, -0.1) is 0 Å². The number of thiocarbonyl (C=S) groups is 1. The summed E-state index contributed by atoms with van der Waals surface area (Å²) >= 11 is 5.68. The summed E-state index contributed by atoms with van der Waals surface area (Å²) < 4.78 is 0. The number of benzene rings is 2. The molecule has 2 aromatic carbocycles. The van der Waals surface area contributed by atoms with Crippen LogP contribution in [0.5, 0.6) is 0 Å². The van der Waals surface area contributed by atoms with Crippen molar-refractivity contribution < 1.29 is 19.8 Å². The van der Waals surface area contributed by atoms with Gasteiger partial charge < -0.3 is 31.1 Å². The van der Waals surface area contributed by atoms with Crippen molar-refractivity contribution in [3.8, 4) is 0 Å². The summed E-state index contributed by atoms with van der Waals surface area (Å²) in [7, 11) is 0. The van der Waals surface area contributed by atoms with E-state index < -0.39 is 30.2 Å². The smallest absolute Gasteiger partial charge is 0.227 e. The summed E-state index contributed by atoms with van der Waals surface area (Å²) in [6.07, 6.45) is -0.862. The maximum atomic E-state index is 13.7. The Labute approximate surface area is 197 Å². The molecule has 0 unspecified atom stereocenters. The van der Waals surface area contributed by atoms with Gasteiger partial charge in [-0.2, -0.15) is 0 Å². The van der Waals surface area contributed by atoms with Crippen LogP contribution in [0.4, 0.5) is 5.69 Å². The van der Waals surface area contributed by atoms with Crippen molar-refractivity contribution in [3.05, 3.63) is 42.5 Å². The summed E-state index contributed by atoms with van der Waals surface area (Å²) in [6.45, 7) is 0.899. The lowest BCUT2D eigenvalue weighted by Crippen LogP contribution is -2.61. The molecule has 1 saturated carbocycles. The molecule has 5 rings (SSSR count). The Balaban J connectivity index is 1.50. The van der Waals surface area contributed by atoms with Gasteiger partial charge in [-0.25, -0.2) is 0 Å². The summed E-state index contributed by atoms with van der Waals surface area (Å²) in [5.41, 5.74) is 6.31. The summed E-state index contributed by atoms with van der Waals surface area (Å²) in [5, 5.41) is 27.0. The van der Waals surface area contributed by atoms with Gasteiger partial charge in [0.1, 0.15) is 6.10 Å². The van der Waals surface area contributed by atoms with E-state index >= 15 is 0 Å². The summed E-state index contributed by atoms with van der Waals surface area (Å²) in [5.74, 6) is -1.19. The molecule has 174 valence electrons. The highest BCUT2D eigenvalue weighted by Gasteiger charge is 2.55. The number of piperidine rings is 1. The fraction of sp³-hybridized carbons (Fsp3) is 0.458. The third-order valence-electron chi connectivity index (χ3n) is 7.40. The topological polar surface area (TPSA) is 119 Å². The molecule has 0 spiro atoms. The van der Waals surface area contributed by atoms with E-state index in [1.165, 1.54) is 0 Å². The number of hydrogen-bond donors (Lipinski definition) is 4. The van der Waals surface area contributed by atoms with Crippen molar-refractivity contribution in [1.82, 2.24) is 10.2 Å². The van der Waals surface area contributed by atoms with Crippen LogP contribution in [0.25, 0.3) is 10.8 Å². The first-order chi connectivity index (χ1) is 15.9. The molecule has 0 bridgehead atoms. The zero-order valence-corrected chi connectivity index (χ0v) is 18.9. The van der Waals surface area contributed by atoms with Crippen LogP contribution in [-0.4, -0.2) is 69.4 Å². The molecule has 8 nitrogen and oxygen atoms in total. The van der Waals surface area contributed by atoms with E-state index in [9.17, 15) is 19.8 Å². The van der Waals surface area contributed by atoms with E-state index in [1.54, 1.807) is 4.90 Å². The zero-order chi connectivity index (χ0) is 23.3. The van der Waals surface area contributed by atoms with E-state index in [-0.39, 0.29) is 24.2 Å². The number of hydrogen-bond acceptors (Lipinski definition) is 5. The van der Waals surface area contributed by atoms with Crippen molar-refractivity contribution >= 4 is 45.6 Å². The Morgan fingerprint density at radius 1 is 1.06 bits per heavy atom. The Morgan fingerprint density at radius 3 is 2.48 bits per heavy atom. The number of fused-ring (bicyclic) bond motifs is 2. The number of nitrogens with zero attached hydrogens (tertiary/aromatic N) is 2. The number of aliphatic hydroxyl groups is 2. The maximum absolute atomic E-state index is 13.7. The molecule has 0 aromatic heterocycles. The number of rotatable bonds is 3. The molecule has 2 saturated heterocycles. The van der Waals surface area contributed by atoms with Gasteiger partial charge in [0, 0.05) is 24.4 Å². The fourth-order valence-electron chi connectivity index (χ4n) is 5.64. The van der Waals surface area contributed by atoms with Crippen LogP contribution in [0.2, 0.25) is 0 Å². The number of aliphatic hydroxyl groups excluding tert-OH is 2. The number of nitrogens with two attached hydrogens (primary N) is 1. The molecule has 2 aliphatic heterocycles. The van der Waals surface area contributed by atoms with Gasteiger partial charge in [0.05, 0.1) is 29.8 Å². The van der Waals surface area contributed by atoms with Crippen LogP contribution in [0.3, 0.4) is 0 Å². The average molecular weight is 469 g/mol. The molecule has 5 atom stereocenters. The second-order valence-corrected chi connectivity index (χ2v) is 9.62. The first-order valence-corrected chi connectivity index (χ1v) is 11.8. The molecule has 3 aliphatic rings. The molecule has 3 fully saturated rings. The molecular weight excluding hydrogens is 440 g/mol. The van der Waals surface area contributed by atoms with Gasteiger partial charge in [0.15, 0.2) is 5.11 Å². The minimum atomic E-state index is -1.04. The predicted octanol–water partition coefficient (Wildman–Crippen LogP) is 0.737. The van der Waals surface area contributed by atoms with Gasteiger partial charge in [-0.05, 0) is 42.9 Å². The summed E-state index contributed by atoms with van der Waals surface area (Å²) in [4.78, 5) is 28.9. The predicted molar refractivity (Wildman–Crippen MR) is 128 cm³/mol. The number of primary amides is 1. The van der Waals surface area contributed by atoms with E-state index in [0.717, 1.165) is 16.5 Å². The van der Waals surface area contributed by atoms with Gasteiger partial charge in [-0.3, -0.25) is 9.59 Å². The molecule has 2 amide bonds. The lowest BCUT2D eigenvalue weighted by Gasteiger charge is -2.44. The highest BCUT2D eigenvalue weighted by atomic mass is 32.1. The number of anilines is 1. The molecule has 5 N–H and O–H groups in total. The quantitative estimate of drug-likeness (QED) is 0.491. The molecule has 33 heavy (non-hydrogen) atoms. The minimum absolute atomic E-state index is 0.0874. The lowest BCUT2D eigenvalue weighted by atomic mass is 9.76. The largest absolute Gasteiger partial charge is 0.390 e. The molecule has 0 radical (unpaired) electrons. The van der Waals surface area contributed by atoms with Crippen LogP contribution in [0, 0.1) is 11.8 Å². The molecule has 2 aromatic rings. The van der Waals surface area contributed by atoms with Crippen LogP contribution in [-0.2, 0) is 9.59 Å². The van der Waals surface area contributed by atoms with Crippen molar-refractivity contribution in [2.24, 2.45) is 17.6 Å². The van der Waals surface area contributed by atoms with Gasteiger partial charge in [0.2, 0.25) is 11.8 Å². The van der Waals surface area contributed by atoms with E-state index in [1.807, 2.05) is 47.4 Å². The van der Waals surface area contributed by atoms with Crippen LogP contribution >= 0.6 is 12.2 Å². The minimum Gasteiger partial charge on any atom is -0.390 e. The van der Waals surface area contributed by atoms with Crippen molar-refractivity contribution in [2.45, 2.75) is 43.6 Å².